The van der Waals surface area contributed by atoms with Crippen LogP contribution in [0, 0.1) is 5.92 Å². The number of halogens is 1. The summed E-state index contributed by atoms with van der Waals surface area (Å²) in [6, 6.07) is 8.37. The van der Waals surface area contributed by atoms with Gasteiger partial charge in [-0.25, -0.2) is 4.98 Å². The van der Waals surface area contributed by atoms with Gasteiger partial charge in [0.15, 0.2) is 0 Å². The molecule has 0 fully saturated rings. The lowest BCUT2D eigenvalue weighted by molar-refractivity contribution is 0.402. The van der Waals surface area contributed by atoms with Gasteiger partial charge in [0.2, 0.25) is 0 Å². The summed E-state index contributed by atoms with van der Waals surface area (Å²) in [7, 11) is 0. The van der Waals surface area contributed by atoms with E-state index in [0.717, 1.165) is 23.9 Å². The number of hydrogen-bond acceptors (Lipinski definition) is 2. The molecule has 1 heterocycles. The summed E-state index contributed by atoms with van der Waals surface area (Å²) in [4.78, 5) is 4.41. The molecule has 1 N–H and O–H groups in total. The van der Waals surface area contributed by atoms with Crippen molar-refractivity contribution in [1.29, 1.82) is 0 Å². The van der Waals surface area contributed by atoms with Crippen molar-refractivity contribution in [2.24, 2.45) is 5.92 Å². The second-order valence-electron chi connectivity index (χ2n) is 5.28. The fourth-order valence-corrected chi connectivity index (χ4v) is 2.53. The van der Waals surface area contributed by atoms with Gasteiger partial charge in [-0.2, -0.15) is 0 Å². The topological polar surface area (TPSA) is 29.9 Å². The molecule has 0 aliphatic carbocycles. The molecule has 0 aliphatic rings. The van der Waals surface area contributed by atoms with Crippen LogP contribution in [0.1, 0.15) is 38.2 Å². The monoisotopic (exact) mass is 291 g/mol. The second-order valence-corrected chi connectivity index (χ2v) is 5.72. The van der Waals surface area contributed by atoms with Gasteiger partial charge < -0.3 is 9.88 Å². The zero-order valence-corrected chi connectivity index (χ0v) is 13.1. The summed E-state index contributed by atoms with van der Waals surface area (Å²) in [6.45, 7) is 8.29. The minimum absolute atomic E-state index is 0.300. The Bertz CT molecular complexity index is 531. The van der Waals surface area contributed by atoms with Gasteiger partial charge in [-0.15, -0.1) is 0 Å². The van der Waals surface area contributed by atoms with E-state index in [9.17, 15) is 0 Å². The van der Waals surface area contributed by atoms with Crippen LogP contribution in [0.4, 0.5) is 0 Å². The van der Waals surface area contributed by atoms with Crippen molar-refractivity contribution in [3.8, 4) is 0 Å². The van der Waals surface area contributed by atoms with E-state index in [1.807, 2.05) is 24.5 Å². The Labute approximate surface area is 126 Å². The molecule has 4 heteroatoms. The number of aromatic nitrogens is 2. The molecule has 3 nitrogen and oxygen atoms in total. The van der Waals surface area contributed by atoms with E-state index < -0.39 is 0 Å². The van der Waals surface area contributed by atoms with E-state index in [4.69, 9.17) is 11.6 Å². The molecule has 1 aromatic carbocycles. The summed E-state index contributed by atoms with van der Waals surface area (Å²) in [6.07, 6.45) is 3.87. The number of nitrogens with one attached hydrogen (secondary N) is 1. The van der Waals surface area contributed by atoms with Crippen LogP contribution in [0.15, 0.2) is 36.7 Å². The standard InChI is InChI=1S/C16H22ClN3/c1-4-20-10-9-18-15(20)11-19-16(12(2)3)13-5-7-14(17)8-6-13/h5-10,12,16,19H,4,11H2,1-3H3. The zero-order chi connectivity index (χ0) is 14.5. The Morgan fingerprint density at radius 1 is 1.25 bits per heavy atom. The van der Waals surface area contributed by atoms with Crippen LogP contribution in [0.5, 0.6) is 0 Å². The number of hydrogen-bond donors (Lipinski definition) is 1. The molecule has 1 unspecified atom stereocenters. The third-order valence-corrected chi connectivity index (χ3v) is 3.77. The fraction of sp³-hybridized carbons (Fsp3) is 0.438. The Kier molecular flexibility index (Phi) is 5.21. The lowest BCUT2D eigenvalue weighted by atomic mass is 9.96. The van der Waals surface area contributed by atoms with Crippen LogP contribution >= 0.6 is 11.6 Å². The van der Waals surface area contributed by atoms with E-state index in [-0.39, 0.29) is 0 Å². The first kappa shape index (κ1) is 15.1. The first-order chi connectivity index (χ1) is 9.61. The van der Waals surface area contributed by atoms with E-state index in [0.29, 0.717) is 12.0 Å². The van der Waals surface area contributed by atoms with Crippen LogP contribution in [-0.4, -0.2) is 9.55 Å². The molecule has 20 heavy (non-hydrogen) atoms. The number of rotatable bonds is 6. The maximum absolute atomic E-state index is 5.96. The average Bonchev–Trinajstić information content (AvgIpc) is 2.88. The maximum Gasteiger partial charge on any atom is 0.122 e. The van der Waals surface area contributed by atoms with E-state index in [1.165, 1.54) is 5.56 Å². The van der Waals surface area contributed by atoms with Crippen molar-refractivity contribution in [1.82, 2.24) is 14.9 Å². The molecule has 108 valence electrons. The summed E-state index contributed by atoms with van der Waals surface area (Å²) < 4.78 is 2.16. The molecule has 0 saturated carbocycles. The lowest BCUT2D eigenvalue weighted by Crippen LogP contribution is -2.26. The van der Waals surface area contributed by atoms with Crippen LogP contribution in [-0.2, 0) is 13.1 Å². The number of benzene rings is 1. The van der Waals surface area contributed by atoms with E-state index in [1.54, 1.807) is 0 Å². The van der Waals surface area contributed by atoms with Crippen LogP contribution < -0.4 is 5.32 Å². The number of aryl methyl sites for hydroxylation is 1. The Morgan fingerprint density at radius 3 is 2.55 bits per heavy atom. The molecule has 0 radical (unpaired) electrons. The van der Waals surface area contributed by atoms with E-state index in [2.05, 4.69) is 47.8 Å². The molecule has 0 amide bonds. The summed E-state index contributed by atoms with van der Waals surface area (Å²) in [5.74, 6) is 1.58. The highest BCUT2D eigenvalue weighted by Crippen LogP contribution is 2.23. The molecule has 2 rings (SSSR count). The number of nitrogens with zero attached hydrogens (tertiary/aromatic N) is 2. The minimum Gasteiger partial charge on any atom is -0.334 e. The molecular weight excluding hydrogens is 270 g/mol. The molecule has 0 bridgehead atoms. The molecule has 1 aromatic heterocycles. The van der Waals surface area contributed by atoms with Crippen molar-refractivity contribution in [3.63, 3.8) is 0 Å². The molecular formula is C16H22ClN3. The largest absolute Gasteiger partial charge is 0.334 e. The van der Waals surface area contributed by atoms with Gasteiger partial charge >= 0.3 is 0 Å². The molecule has 1 atom stereocenters. The van der Waals surface area contributed by atoms with E-state index >= 15 is 0 Å². The van der Waals surface area contributed by atoms with Crippen LogP contribution in [0.2, 0.25) is 5.02 Å². The number of imidazole rings is 1. The van der Waals surface area contributed by atoms with Crippen molar-refractivity contribution in [2.45, 2.75) is 39.9 Å². The fourth-order valence-electron chi connectivity index (χ4n) is 2.40. The van der Waals surface area contributed by atoms with Gasteiger partial charge in [-0.3, -0.25) is 0 Å². The highest BCUT2D eigenvalue weighted by Gasteiger charge is 2.16. The predicted molar refractivity (Wildman–Crippen MR) is 83.8 cm³/mol. The average molecular weight is 292 g/mol. The highest BCUT2D eigenvalue weighted by atomic mass is 35.5. The van der Waals surface area contributed by atoms with Crippen molar-refractivity contribution >= 4 is 11.6 Å². The highest BCUT2D eigenvalue weighted by molar-refractivity contribution is 6.30. The Balaban J connectivity index is 2.08. The third-order valence-electron chi connectivity index (χ3n) is 3.52. The summed E-state index contributed by atoms with van der Waals surface area (Å²) in [5, 5.41) is 4.38. The van der Waals surface area contributed by atoms with Crippen LogP contribution in [0.3, 0.4) is 0 Å². The molecule has 0 aliphatic heterocycles. The maximum atomic E-state index is 5.96. The second kappa shape index (κ2) is 6.91. The molecule has 0 saturated heterocycles. The Morgan fingerprint density at radius 2 is 1.95 bits per heavy atom. The van der Waals surface area contributed by atoms with Gasteiger partial charge in [-0.05, 0) is 30.5 Å². The van der Waals surface area contributed by atoms with Crippen molar-refractivity contribution in [3.05, 3.63) is 53.1 Å². The predicted octanol–water partition coefficient (Wildman–Crippen LogP) is 4.04. The zero-order valence-electron chi connectivity index (χ0n) is 12.3. The van der Waals surface area contributed by atoms with Gasteiger partial charge in [0.1, 0.15) is 5.82 Å². The van der Waals surface area contributed by atoms with Gasteiger partial charge in [0.25, 0.3) is 0 Å². The Hall–Kier alpha value is -1.32. The summed E-state index contributed by atoms with van der Waals surface area (Å²) >= 11 is 5.96. The van der Waals surface area contributed by atoms with Gasteiger partial charge in [0.05, 0.1) is 6.54 Å². The SMILES string of the molecule is CCn1ccnc1CNC(c1ccc(Cl)cc1)C(C)C. The van der Waals surface area contributed by atoms with Crippen LogP contribution in [0.25, 0.3) is 0 Å². The molecule has 0 spiro atoms. The van der Waals surface area contributed by atoms with Gasteiger partial charge in [0, 0.05) is 30.0 Å². The normalized spacial score (nSPS) is 12.8. The minimum atomic E-state index is 0.300. The molecule has 2 aromatic rings. The van der Waals surface area contributed by atoms with Crippen molar-refractivity contribution in [2.75, 3.05) is 0 Å². The lowest BCUT2D eigenvalue weighted by Gasteiger charge is -2.23. The smallest absolute Gasteiger partial charge is 0.122 e. The summed E-state index contributed by atoms with van der Waals surface area (Å²) in [5.41, 5.74) is 1.26. The first-order valence-corrected chi connectivity index (χ1v) is 7.48. The quantitative estimate of drug-likeness (QED) is 0.870. The first-order valence-electron chi connectivity index (χ1n) is 7.10. The van der Waals surface area contributed by atoms with Crippen molar-refractivity contribution < 1.29 is 0 Å². The van der Waals surface area contributed by atoms with Gasteiger partial charge in [-0.1, -0.05) is 37.6 Å². The third kappa shape index (κ3) is 3.62.